The molecule has 1 saturated carbocycles. The molecule has 1 aliphatic heterocycles. The zero-order chi connectivity index (χ0) is 13.9. The van der Waals surface area contributed by atoms with Gasteiger partial charge in [0.2, 0.25) is 0 Å². The average Bonchev–Trinajstić information content (AvgIpc) is 2.98. The van der Waals surface area contributed by atoms with Crippen LogP contribution in [-0.2, 0) is 6.42 Å². The standard InChI is InChI=1S/C16H22N2O2/c1-17-16(19)13-7-4-8-15-14(13)9-12(10-20-15)18-11-5-2-3-6-11/h4,7-8,11-12,18H,2-3,5-6,9-10H2,1H3,(H,17,19)/t12-/m0/s1. The Balaban J connectivity index is 1.76. The minimum absolute atomic E-state index is 0.0352. The van der Waals surface area contributed by atoms with Crippen molar-refractivity contribution in [1.29, 1.82) is 0 Å². The summed E-state index contributed by atoms with van der Waals surface area (Å²) in [5.41, 5.74) is 1.77. The van der Waals surface area contributed by atoms with Crippen molar-refractivity contribution < 1.29 is 9.53 Å². The number of hydrogen-bond acceptors (Lipinski definition) is 3. The number of benzene rings is 1. The predicted octanol–water partition coefficient (Wildman–Crippen LogP) is 1.88. The molecule has 1 atom stereocenters. The van der Waals surface area contributed by atoms with Crippen molar-refractivity contribution >= 4 is 5.91 Å². The number of fused-ring (bicyclic) bond motifs is 1. The molecule has 1 aliphatic carbocycles. The summed E-state index contributed by atoms with van der Waals surface area (Å²) < 4.78 is 5.84. The fourth-order valence-corrected chi connectivity index (χ4v) is 3.29. The molecular formula is C16H22N2O2. The van der Waals surface area contributed by atoms with E-state index in [0.29, 0.717) is 18.7 Å². The van der Waals surface area contributed by atoms with Gasteiger partial charge in [0.25, 0.3) is 5.91 Å². The summed E-state index contributed by atoms with van der Waals surface area (Å²) >= 11 is 0. The summed E-state index contributed by atoms with van der Waals surface area (Å²) in [6.45, 7) is 0.695. The van der Waals surface area contributed by atoms with Crippen LogP contribution in [0.1, 0.15) is 41.6 Å². The maximum atomic E-state index is 11.9. The van der Waals surface area contributed by atoms with Gasteiger partial charge in [0.15, 0.2) is 0 Å². The number of carbonyl (C=O) groups is 1. The van der Waals surface area contributed by atoms with Crippen LogP contribution in [0.2, 0.25) is 0 Å². The second kappa shape index (κ2) is 5.83. The van der Waals surface area contributed by atoms with Gasteiger partial charge in [-0.1, -0.05) is 18.9 Å². The molecule has 4 nitrogen and oxygen atoms in total. The lowest BCUT2D eigenvalue weighted by molar-refractivity contribution is 0.0960. The fraction of sp³-hybridized carbons (Fsp3) is 0.562. The van der Waals surface area contributed by atoms with Crippen LogP contribution in [0.4, 0.5) is 0 Å². The SMILES string of the molecule is CNC(=O)c1cccc2c1C[C@H](NC1CCCC1)CO2. The van der Waals surface area contributed by atoms with E-state index in [1.807, 2.05) is 18.2 Å². The molecule has 0 aromatic heterocycles. The summed E-state index contributed by atoms with van der Waals surface area (Å²) in [5, 5.41) is 6.39. The topological polar surface area (TPSA) is 50.4 Å². The Labute approximate surface area is 119 Å². The van der Waals surface area contributed by atoms with Crippen LogP contribution >= 0.6 is 0 Å². The Morgan fingerprint density at radius 2 is 2.05 bits per heavy atom. The second-order valence-electron chi connectivity index (χ2n) is 5.72. The summed E-state index contributed by atoms with van der Waals surface area (Å²) in [6.07, 6.45) is 6.05. The van der Waals surface area contributed by atoms with Gasteiger partial charge in [-0.25, -0.2) is 0 Å². The Hall–Kier alpha value is -1.55. The van der Waals surface area contributed by atoms with Gasteiger partial charge in [-0.15, -0.1) is 0 Å². The highest BCUT2D eigenvalue weighted by Gasteiger charge is 2.26. The molecule has 1 aromatic carbocycles. The molecule has 3 rings (SSSR count). The predicted molar refractivity (Wildman–Crippen MR) is 78.2 cm³/mol. The lowest BCUT2D eigenvalue weighted by Crippen LogP contribution is -2.44. The van der Waals surface area contributed by atoms with Gasteiger partial charge in [-0.2, -0.15) is 0 Å². The summed E-state index contributed by atoms with van der Waals surface area (Å²) in [4.78, 5) is 11.9. The molecule has 2 N–H and O–H groups in total. The third-order valence-corrected chi connectivity index (χ3v) is 4.32. The van der Waals surface area contributed by atoms with Crippen LogP contribution in [0, 0.1) is 0 Å². The van der Waals surface area contributed by atoms with Gasteiger partial charge < -0.3 is 15.4 Å². The molecular weight excluding hydrogens is 252 g/mol. The molecule has 0 spiro atoms. The number of carbonyl (C=O) groups excluding carboxylic acids is 1. The molecule has 0 saturated heterocycles. The monoisotopic (exact) mass is 274 g/mol. The first-order valence-corrected chi connectivity index (χ1v) is 7.50. The van der Waals surface area contributed by atoms with Crippen LogP contribution in [0.15, 0.2) is 18.2 Å². The third-order valence-electron chi connectivity index (χ3n) is 4.32. The van der Waals surface area contributed by atoms with Gasteiger partial charge in [-0.3, -0.25) is 4.79 Å². The molecule has 20 heavy (non-hydrogen) atoms. The highest BCUT2D eigenvalue weighted by atomic mass is 16.5. The van der Waals surface area contributed by atoms with E-state index in [2.05, 4.69) is 10.6 Å². The van der Waals surface area contributed by atoms with Crippen molar-refractivity contribution in [3.63, 3.8) is 0 Å². The highest BCUT2D eigenvalue weighted by Crippen LogP contribution is 2.29. The Bertz CT molecular complexity index is 495. The zero-order valence-corrected chi connectivity index (χ0v) is 11.9. The first-order valence-electron chi connectivity index (χ1n) is 7.50. The van der Waals surface area contributed by atoms with Crippen LogP contribution in [0.25, 0.3) is 0 Å². The lowest BCUT2D eigenvalue weighted by Gasteiger charge is -2.29. The number of rotatable bonds is 3. The number of nitrogens with one attached hydrogen (secondary N) is 2. The molecule has 2 aliphatic rings. The van der Waals surface area contributed by atoms with E-state index in [1.54, 1.807) is 7.05 Å². The maximum absolute atomic E-state index is 11.9. The molecule has 4 heteroatoms. The van der Waals surface area contributed by atoms with E-state index in [4.69, 9.17) is 4.74 Å². The molecule has 0 bridgehead atoms. The number of ether oxygens (including phenoxy) is 1. The zero-order valence-electron chi connectivity index (χ0n) is 11.9. The lowest BCUT2D eigenvalue weighted by atomic mass is 9.96. The highest BCUT2D eigenvalue weighted by molar-refractivity contribution is 5.96. The van der Waals surface area contributed by atoms with Gasteiger partial charge in [0, 0.05) is 30.3 Å². The van der Waals surface area contributed by atoms with E-state index in [0.717, 1.165) is 23.3 Å². The Kier molecular flexibility index (Phi) is 3.92. The van der Waals surface area contributed by atoms with Gasteiger partial charge in [0.1, 0.15) is 12.4 Å². The van der Waals surface area contributed by atoms with Crippen molar-refractivity contribution in [2.45, 2.75) is 44.2 Å². The first kappa shape index (κ1) is 13.4. The maximum Gasteiger partial charge on any atom is 0.251 e. The van der Waals surface area contributed by atoms with Crippen LogP contribution in [0.5, 0.6) is 5.75 Å². The second-order valence-corrected chi connectivity index (χ2v) is 5.72. The van der Waals surface area contributed by atoms with Crippen molar-refractivity contribution in [2.24, 2.45) is 0 Å². The van der Waals surface area contributed by atoms with Crippen molar-refractivity contribution in [3.05, 3.63) is 29.3 Å². The molecule has 108 valence electrons. The van der Waals surface area contributed by atoms with E-state index in [1.165, 1.54) is 25.7 Å². The molecule has 1 aromatic rings. The van der Waals surface area contributed by atoms with Gasteiger partial charge in [-0.05, 0) is 31.4 Å². The van der Waals surface area contributed by atoms with Crippen LogP contribution in [0.3, 0.4) is 0 Å². The quantitative estimate of drug-likeness (QED) is 0.885. The summed E-state index contributed by atoms with van der Waals surface area (Å²) in [5.74, 6) is 0.822. The largest absolute Gasteiger partial charge is 0.492 e. The van der Waals surface area contributed by atoms with E-state index in [-0.39, 0.29) is 5.91 Å². The van der Waals surface area contributed by atoms with E-state index >= 15 is 0 Å². The molecule has 1 fully saturated rings. The van der Waals surface area contributed by atoms with Gasteiger partial charge >= 0.3 is 0 Å². The minimum atomic E-state index is -0.0352. The third kappa shape index (κ3) is 2.66. The van der Waals surface area contributed by atoms with Crippen molar-refractivity contribution in [2.75, 3.05) is 13.7 Å². The molecule has 0 unspecified atom stereocenters. The number of hydrogen-bond donors (Lipinski definition) is 2. The smallest absolute Gasteiger partial charge is 0.251 e. The molecule has 0 radical (unpaired) electrons. The van der Waals surface area contributed by atoms with E-state index in [9.17, 15) is 4.79 Å². The summed E-state index contributed by atoms with van der Waals surface area (Å²) in [7, 11) is 1.67. The van der Waals surface area contributed by atoms with Crippen molar-refractivity contribution in [1.82, 2.24) is 10.6 Å². The number of amides is 1. The van der Waals surface area contributed by atoms with Crippen LogP contribution < -0.4 is 15.4 Å². The summed E-state index contributed by atoms with van der Waals surface area (Å²) in [6, 6.07) is 6.65. The average molecular weight is 274 g/mol. The van der Waals surface area contributed by atoms with E-state index < -0.39 is 0 Å². The first-order chi connectivity index (χ1) is 9.78. The van der Waals surface area contributed by atoms with Gasteiger partial charge in [0.05, 0.1) is 0 Å². The minimum Gasteiger partial charge on any atom is -0.492 e. The fourth-order valence-electron chi connectivity index (χ4n) is 3.29. The van der Waals surface area contributed by atoms with Crippen molar-refractivity contribution in [3.8, 4) is 5.75 Å². The van der Waals surface area contributed by atoms with Crippen LogP contribution in [-0.4, -0.2) is 31.6 Å². The molecule has 1 amide bonds. The molecule has 1 heterocycles. The Morgan fingerprint density at radius 1 is 1.25 bits per heavy atom. The normalized spacial score (nSPS) is 22.1. The Morgan fingerprint density at radius 3 is 2.80 bits per heavy atom.